The molecule has 2 N–H and O–H groups in total. The minimum Gasteiger partial charge on any atom is -0.496 e. The van der Waals surface area contributed by atoms with E-state index in [9.17, 15) is 13.2 Å². The molecule has 6 nitrogen and oxygen atoms in total. The van der Waals surface area contributed by atoms with Crippen LogP contribution in [0.4, 0.5) is 0 Å². The van der Waals surface area contributed by atoms with Crippen LogP contribution in [-0.4, -0.2) is 27.5 Å². The van der Waals surface area contributed by atoms with Gasteiger partial charge in [-0.05, 0) is 44.0 Å². The van der Waals surface area contributed by atoms with Gasteiger partial charge in [0.05, 0.1) is 17.6 Å². The van der Waals surface area contributed by atoms with Crippen molar-refractivity contribution in [1.82, 2.24) is 10.0 Å². The number of carbonyl (C=O) groups excluding carboxylic acids is 1. The van der Waals surface area contributed by atoms with Gasteiger partial charge in [0, 0.05) is 12.1 Å². The van der Waals surface area contributed by atoms with Gasteiger partial charge in [-0.3, -0.25) is 4.79 Å². The second-order valence-electron chi connectivity index (χ2n) is 6.48. The second kappa shape index (κ2) is 9.01. The standard InChI is InChI=1S/C20H26N2O4S/c1-5-18(15-9-7-6-8-10-15)22-27(24,25)16-11-12-19(26-4)17(13-16)20(23)21-14(2)3/h6-14,18,22H,5H2,1-4H3,(H,21,23)/t18-/m0/s1. The monoisotopic (exact) mass is 390 g/mol. The number of ether oxygens (including phenoxy) is 1. The van der Waals surface area contributed by atoms with Crippen LogP contribution in [0, 0.1) is 0 Å². The van der Waals surface area contributed by atoms with Crippen molar-refractivity contribution in [2.75, 3.05) is 7.11 Å². The van der Waals surface area contributed by atoms with E-state index in [1.54, 1.807) is 0 Å². The zero-order valence-electron chi connectivity index (χ0n) is 16.0. The summed E-state index contributed by atoms with van der Waals surface area (Å²) in [6, 6.07) is 13.2. The minimum absolute atomic E-state index is 0.0200. The third kappa shape index (κ3) is 5.30. The summed E-state index contributed by atoms with van der Waals surface area (Å²) in [5, 5.41) is 2.76. The Morgan fingerprint density at radius 2 is 1.78 bits per heavy atom. The molecule has 27 heavy (non-hydrogen) atoms. The van der Waals surface area contributed by atoms with Crippen LogP contribution in [0.25, 0.3) is 0 Å². The first-order valence-corrected chi connectivity index (χ1v) is 10.3. The lowest BCUT2D eigenvalue weighted by Crippen LogP contribution is -2.31. The highest BCUT2D eigenvalue weighted by molar-refractivity contribution is 7.89. The van der Waals surface area contributed by atoms with E-state index in [2.05, 4.69) is 10.0 Å². The Kier molecular flexibility index (Phi) is 6.98. The molecule has 0 unspecified atom stereocenters. The molecule has 146 valence electrons. The van der Waals surface area contributed by atoms with E-state index in [-0.39, 0.29) is 28.4 Å². The lowest BCUT2D eigenvalue weighted by molar-refractivity contribution is 0.0940. The molecule has 0 fully saturated rings. The molecule has 1 atom stereocenters. The van der Waals surface area contributed by atoms with Crippen molar-refractivity contribution >= 4 is 15.9 Å². The van der Waals surface area contributed by atoms with Crippen LogP contribution in [0.1, 0.15) is 49.2 Å². The first kappa shape index (κ1) is 20.9. The van der Waals surface area contributed by atoms with Crippen molar-refractivity contribution in [2.24, 2.45) is 0 Å². The lowest BCUT2D eigenvalue weighted by atomic mass is 10.1. The van der Waals surface area contributed by atoms with E-state index in [4.69, 9.17) is 4.74 Å². The summed E-state index contributed by atoms with van der Waals surface area (Å²) in [7, 11) is -2.37. The molecule has 2 aromatic carbocycles. The van der Waals surface area contributed by atoms with Crippen LogP contribution in [-0.2, 0) is 10.0 Å². The van der Waals surface area contributed by atoms with E-state index in [0.717, 1.165) is 5.56 Å². The number of hydrogen-bond donors (Lipinski definition) is 2. The van der Waals surface area contributed by atoms with Crippen molar-refractivity contribution in [3.63, 3.8) is 0 Å². The largest absolute Gasteiger partial charge is 0.496 e. The van der Waals surface area contributed by atoms with Gasteiger partial charge in [-0.25, -0.2) is 13.1 Å². The zero-order valence-corrected chi connectivity index (χ0v) is 16.8. The van der Waals surface area contributed by atoms with Crippen LogP contribution in [0.15, 0.2) is 53.4 Å². The molecule has 0 radical (unpaired) electrons. The Balaban J connectivity index is 2.36. The van der Waals surface area contributed by atoms with Gasteiger partial charge in [-0.2, -0.15) is 0 Å². The highest BCUT2D eigenvalue weighted by Crippen LogP contribution is 2.25. The van der Waals surface area contributed by atoms with Crippen molar-refractivity contribution in [2.45, 2.75) is 44.2 Å². The molecule has 0 saturated carbocycles. The molecule has 1 amide bonds. The van der Waals surface area contributed by atoms with Crippen LogP contribution in [0.5, 0.6) is 5.75 Å². The van der Waals surface area contributed by atoms with Crippen molar-refractivity contribution in [1.29, 1.82) is 0 Å². The van der Waals surface area contributed by atoms with Gasteiger partial charge in [-0.15, -0.1) is 0 Å². The lowest BCUT2D eigenvalue weighted by Gasteiger charge is -2.18. The third-order valence-electron chi connectivity index (χ3n) is 4.05. The fourth-order valence-corrected chi connectivity index (χ4v) is 4.03. The average molecular weight is 391 g/mol. The topological polar surface area (TPSA) is 84.5 Å². The minimum atomic E-state index is -3.81. The first-order valence-electron chi connectivity index (χ1n) is 8.84. The number of amides is 1. The number of nitrogens with one attached hydrogen (secondary N) is 2. The Morgan fingerprint density at radius 3 is 2.33 bits per heavy atom. The second-order valence-corrected chi connectivity index (χ2v) is 8.20. The molecule has 7 heteroatoms. The summed E-state index contributed by atoms with van der Waals surface area (Å²) in [5.41, 5.74) is 1.07. The Labute approximate surface area is 161 Å². The summed E-state index contributed by atoms with van der Waals surface area (Å²) in [5.74, 6) is -0.0591. The summed E-state index contributed by atoms with van der Waals surface area (Å²) < 4.78 is 33.7. The quantitative estimate of drug-likeness (QED) is 0.725. The summed E-state index contributed by atoms with van der Waals surface area (Å²) >= 11 is 0. The van der Waals surface area contributed by atoms with Crippen molar-refractivity contribution < 1.29 is 17.9 Å². The predicted molar refractivity (Wildman–Crippen MR) is 105 cm³/mol. The Hall–Kier alpha value is -2.38. The molecule has 2 rings (SSSR count). The van der Waals surface area contributed by atoms with E-state index in [0.29, 0.717) is 12.2 Å². The molecule has 0 heterocycles. The molecule has 0 bridgehead atoms. The van der Waals surface area contributed by atoms with Crippen LogP contribution in [0.3, 0.4) is 0 Å². The Bertz CT molecular complexity index is 880. The number of sulfonamides is 1. The normalized spacial score (nSPS) is 12.6. The molecular formula is C20H26N2O4S. The molecule has 2 aromatic rings. The van der Waals surface area contributed by atoms with Gasteiger partial charge in [0.2, 0.25) is 10.0 Å². The van der Waals surface area contributed by atoms with Crippen LogP contribution < -0.4 is 14.8 Å². The fraction of sp³-hybridized carbons (Fsp3) is 0.350. The molecular weight excluding hydrogens is 364 g/mol. The van der Waals surface area contributed by atoms with E-state index in [1.807, 2.05) is 51.1 Å². The molecule has 0 aliphatic rings. The van der Waals surface area contributed by atoms with Crippen molar-refractivity contribution in [3.05, 3.63) is 59.7 Å². The summed E-state index contributed by atoms with van der Waals surface area (Å²) in [6.07, 6.45) is 0.597. The molecule has 0 aliphatic carbocycles. The Morgan fingerprint density at radius 1 is 1.11 bits per heavy atom. The van der Waals surface area contributed by atoms with Gasteiger partial charge in [0.15, 0.2) is 0 Å². The number of methoxy groups -OCH3 is 1. The summed E-state index contributed by atoms with van der Waals surface area (Å²) in [4.78, 5) is 12.4. The molecule has 0 saturated heterocycles. The molecule has 0 spiro atoms. The van der Waals surface area contributed by atoms with Gasteiger partial charge < -0.3 is 10.1 Å². The van der Waals surface area contributed by atoms with E-state index < -0.39 is 10.0 Å². The maximum absolute atomic E-state index is 12.9. The van der Waals surface area contributed by atoms with Gasteiger partial charge in [-0.1, -0.05) is 37.3 Å². The van der Waals surface area contributed by atoms with Crippen LogP contribution >= 0.6 is 0 Å². The fourth-order valence-electron chi connectivity index (χ4n) is 2.70. The van der Waals surface area contributed by atoms with Gasteiger partial charge >= 0.3 is 0 Å². The maximum Gasteiger partial charge on any atom is 0.255 e. The molecule has 0 aliphatic heterocycles. The molecule has 0 aromatic heterocycles. The number of benzene rings is 2. The van der Waals surface area contributed by atoms with Crippen LogP contribution in [0.2, 0.25) is 0 Å². The van der Waals surface area contributed by atoms with E-state index in [1.165, 1.54) is 25.3 Å². The predicted octanol–water partition coefficient (Wildman–Crippen LogP) is 3.26. The van der Waals surface area contributed by atoms with Gasteiger partial charge in [0.1, 0.15) is 5.75 Å². The smallest absolute Gasteiger partial charge is 0.255 e. The number of carbonyl (C=O) groups is 1. The maximum atomic E-state index is 12.9. The van der Waals surface area contributed by atoms with Gasteiger partial charge in [0.25, 0.3) is 5.91 Å². The third-order valence-corrected chi connectivity index (χ3v) is 5.52. The summed E-state index contributed by atoms with van der Waals surface area (Å²) in [6.45, 7) is 5.58. The number of rotatable bonds is 8. The average Bonchev–Trinajstić information content (AvgIpc) is 2.65. The number of hydrogen-bond acceptors (Lipinski definition) is 4. The zero-order chi connectivity index (χ0) is 20.0. The first-order chi connectivity index (χ1) is 12.8. The van der Waals surface area contributed by atoms with Crippen molar-refractivity contribution in [3.8, 4) is 5.75 Å². The highest BCUT2D eigenvalue weighted by atomic mass is 32.2. The SMILES string of the molecule is CC[C@H](NS(=O)(=O)c1ccc(OC)c(C(=O)NC(C)C)c1)c1ccccc1. The highest BCUT2D eigenvalue weighted by Gasteiger charge is 2.23. The van der Waals surface area contributed by atoms with E-state index >= 15 is 0 Å².